The van der Waals surface area contributed by atoms with Gasteiger partial charge in [0, 0.05) is 6.54 Å². The Hall–Kier alpha value is -3.06. The van der Waals surface area contributed by atoms with Crippen LogP contribution in [0.5, 0.6) is 17.2 Å². The van der Waals surface area contributed by atoms with Gasteiger partial charge >= 0.3 is 5.97 Å². The van der Waals surface area contributed by atoms with E-state index < -0.39 is 22.5 Å². The minimum absolute atomic E-state index is 0.0136. The Bertz CT molecular complexity index is 1070. The molecular weight excluding hydrogens is 444 g/mol. The second-order valence-electron chi connectivity index (χ2n) is 7.35. The Labute approximate surface area is 194 Å². The van der Waals surface area contributed by atoms with E-state index >= 15 is 0 Å². The molecule has 1 aliphatic heterocycles. The van der Waals surface area contributed by atoms with Gasteiger partial charge in [0.25, 0.3) is 0 Å². The summed E-state index contributed by atoms with van der Waals surface area (Å²) in [7, 11) is -3.87. The Kier molecular flexibility index (Phi) is 9.13. The highest BCUT2D eigenvalue weighted by molar-refractivity contribution is 7.89. The first-order chi connectivity index (χ1) is 16.0. The van der Waals surface area contributed by atoms with E-state index in [2.05, 4.69) is 21.5 Å². The fraction of sp³-hybridized carbons (Fsp3) is 0.375. The Balaban J connectivity index is 1.42. The molecule has 0 amide bonds. The smallest absolute Gasteiger partial charge is 0.326 e. The van der Waals surface area contributed by atoms with Crippen LogP contribution in [0.1, 0.15) is 19.8 Å². The third-order valence-corrected chi connectivity index (χ3v) is 6.38. The van der Waals surface area contributed by atoms with Crippen molar-refractivity contribution >= 4 is 16.0 Å². The lowest BCUT2D eigenvalue weighted by Gasteiger charge is -2.15. The van der Waals surface area contributed by atoms with Crippen molar-refractivity contribution in [2.24, 2.45) is 0 Å². The van der Waals surface area contributed by atoms with E-state index in [1.807, 2.05) is 0 Å². The van der Waals surface area contributed by atoms with Crippen molar-refractivity contribution < 1.29 is 27.4 Å². The zero-order valence-electron chi connectivity index (χ0n) is 18.6. The van der Waals surface area contributed by atoms with Crippen LogP contribution < -0.4 is 18.9 Å². The maximum absolute atomic E-state index is 12.4. The molecule has 0 bridgehead atoms. The second kappa shape index (κ2) is 12.3. The second-order valence-corrected chi connectivity index (χ2v) is 9.12. The summed E-state index contributed by atoms with van der Waals surface area (Å²) in [6, 6.07) is 12.5. The van der Waals surface area contributed by atoms with Crippen molar-refractivity contribution in [3.8, 4) is 29.1 Å². The molecule has 0 atom stereocenters. The van der Waals surface area contributed by atoms with Gasteiger partial charge in [0.1, 0.15) is 37.0 Å². The van der Waals surface area contributed by atoms with Crippen LogP contribution in [-0.2, 0) is 14.8 Å². The highest BCUT2D eigenvalue weighted by atomic mass is 32.2. The predicted octanol–water partition coefficient (Wildman–Crippen LogP) is 2.45. The standard InChI is InChI=1S/C24H28N2O6S/c1-2-3-17-30-21-10-12-23(13-11-21)33(28,29)25-19-24(27)32-22-8-6-20(7-9-22)31-18-16-26-14-4-5-15-26/h6-13,25H,4-5,14-19H2,1H3. The topological polar surface area (TPSA) is 94.2 Å². The molecule has 9 heteroatoms. The van der Waals surface area contributed by atoms with Crippen molar-refractivity contribution in [3.05, 3.63) is 48.5 Å². The molecule has 1 heterocycles. The van der Waals surface area contributed by atoms with Crippen LogP contribution >= 0.6 is 0 Å². The van der Waals surface area contributed by atoms with Gasteiger partial charge in [-0.05, 0) is 81.4 Å². The van der Waals surface area contributed by atoms with E-state index in [0.29, 0.717) is 23.9 Å². The lowest BCUT2D eigenvalue weighted by atomic mass is 10.3. The summed E-state index contributed by atoms with van der Waals surface area (Å²) in [5.74, 6) is 6.23. The largest absolute Gasteiger partial charge is 0.492 e. The SMILES string of the molecule is CC#CCOc1ccc(S(=O)(=O)NCC(=O)Oc2ccc(OCCN3CCCC3)cc2)cc1. The quantitative estimate of drug-likeness (QED) is 0.305. The minimum Gasteiger partial charge on any atom is -0.492 e. The number of ether oxygens (including phenoxy) is 3. The number of benzene rings is 2. The summed E-state index contributed by atoms with van der Waals surface area (Å²) < 4.78 is 43.3. The maximum Gasteiger partial charge on any atom is 0.326 e. The molecule has 0 unspecified atom stereocenters. The van der Waals surface area contributed by atoms with Crippen LogP contribution in [-0.4, -0.2) is 58.7 Å². The molecule has 1 aliphatic rings. The van der Waals surface area contributed by atoms with Gasteiger partial charge in [0.2, 0.25) is 10.0 Å². The van der Waals surface area contributed by atoms with E-state index in [4.69, 9.17) is 14.2 Å². The summed E-state index contributed by atoms with van der Waals surface area (Å²) in [4.78, 5) is 14.5. The number of rotatable bonds is 11. The van der Waals surface area contributed by atoms with Gasteiger partial charge < -0.3 is 14.2 Å². The first-order valence-electron chi connectivity index (χ1n) is 10.7. The number of sulfonamides is 1. The number of carbonyl (C=O) groups excluding carboxylic acids is 1. The van der Waals surface area contributed by atoms with Gasteiger partial charge in [-0.25, -0.2) is 8.42 Å². The first-order valence-corrected chi connectivity index (χ1v) is 12.2. The fourth-order valence-electron chi connectivity index (χ4n) is 3.21. The van der Waals surface area contributed by atoms with E-state index in [0.717, 1.165) is 19.6 Å². The molecule has 0 aromatic heterocycles. The first kappa shape index (κ1) is 24.6. The molecule has 0 aliphatic carbocycles. The van der Waals surface area contributed by atoms with E-state index in [9.17, 15) is 13.2 Å². The normalized spacial score (nSPS) is 13.7. The average molecular weight is 473 g/mol. The third-order valence-electron chi connectivity index (χ3n) is 4.96. The molecule has 2 aromatic carbocycles. The summed E-state index contributed by atoms with van der Waals surface area (Å²) in [5.41, 5.74) is 0. The fourth-order valence-corrected chi connectivity index (χ4v) is 4.18. The van der Waals surface area contributed by atoms with Crippen molar-refractivity contribution in [3.63, 3.8) is 0 Å². The van der Waals surface area contributed by atoms with Crippen molar-refractivity contribution in [1.29, 1.82) is 0 Å². The van der Waals surface area contributed by atoms with Gasteiger partial charge in [-0.1, -0.05) is 5.92 Å². The number of nitrogens with zero attached hydrogens (tertiary/aromatic N) is 1. The van der Waals surface area contributed by atoms with Crippen molar-refractivity contribution in [1.82, 2.24) is 9.62 Å². The minimum atomic E-state index is -3.87. The van der Waals surface area contributed by atoms with E-state index in [1.165, 1.54) is 37.1 Å². The molecule has 0 radical (unpaired) electrons. The van der Waals surface area contributed by atoms with Gasteiger partial charge in [-0.3, -0.25) is 9.69 Å². The molecule has 3 rings (SSSR count). The number of esters is 1. The summed E-state index contributed by atoms with van der Waals surface area (Å²) in [6.45, 7) is 5.16. The Morgan fingerprint density at radius 3 is 2.24 bits per heavy atom. The van der Waals surface area contributed by atoms with Crippen molar-refractivity contribution in [2.75, 3.05) is 39.4 Å². The molecular formula is C24H28N2O6S. The lowest BCUT2D eigenvalue weighted by Crippen LogP contribution is -2.31. The molecule has 0 spiro atoms. The molecule has 176 valence electrons. The number of hydrogen-bond acceptors (Lipinski definition) is 7. The summed E-state index contributed by atoms with van der Waals surface area (Å²) in [5, 5.41) is 0. The lowest BCUT2D eigenvalue weighted by molar-refractivity contribution is -0.133. The van der Waals surface area contributed by atoms with Crippen LogP contribution in [0.25, 0.3) is 0 Å². The molecule has 1 saturated heterocycles. The van der Waals surface area contributed by atoms with Gasteiger partial charge in [-0.15, -0.1) is 5.92 Å². The summed E-state index contributed by atoms with van der Waals surface area (Å²) in [6.07, 6.45) is 2.49. The highest BCUT2D eigenvalue weighted by Crippen LogP contribution is 2.19. The number of nitrogens with one attached hydrogen (secondary N) is 1. The number of likely N-dealkylation sites (tertiary alicyclic amines) is 1. The number of carbonyl (C=O) groups is 1. The van der Waals surface area contributed by atoms with Crippen LogP contribution in [0, 0.1) is 11.8 Å². The van der Waals surface area contributed by atoms with Crippen molar-refractivity contribution in [2.45, 2.75) is 24.7 Å². The third kappa shape index (κ3) is 8.09. The Morgan fingerprint density at radius 1 is 0.970 bits per heavy atom. The molecule has 8 nitrogen and oxygen atoms in total. The molecule has 0 saturated carbocycles. The maximum atomic E-state index is 12.4. The molecule has 2 aromatic rings. The van der Waals surface area contributed by atoms with E-state index in [-0.39, 0.29) is 11.5 Å². The Morgan fingerprint density at radius 2 is 1.58 bits per heavy atom. The van der Waals surface area contributed by atoms with Crippen LogP contribution in [0.15, 0.2) is 53.4 Å². The molecule has 1 N–H and O–H groups in total. The van der Waals surface area contributed by atoms with Crippen LogP contribution in [0.3, 0.4) is 0 Å². The van der Waals surface area contributed by atoms with Crippen LogP contribution in [0.4, 0.5) is 0 Å². The highest BCUT2D eigenvalue weighted by Gasteiger charge is 2.17. The molecule has 1 fully saturated rings. The summed E-state index contributed by atoms with van der Waals surface area (Å²) >= 11 is 0. The predicted molar refractivity (Wildman–Crippen MR) is 124 cm³/mol. The van der Waals surface area contributed by atoms with Gasteiger partial charge in [0.05, 0.1) is 4.90 Å². The average Bonchev–Trinajstić information content (AvgIpc) is 3.33. The zero-order valence-corrected chi connectivity index (χ0v) is 19.4. The number of hydrogen-bond donors (Lipinski definition) is 1. The van der Waals surface area contributed by atoms with Gasteiger partial charge in [0.15, 0.2) is 0 Å². The van der Waals surface area contributed by atoms with Crippen LogP contribution in [0.2, 0.25) is 0 Å². The van der Waals surface area contributed by atoms with E-state index in [1.54, 1.807) is 31.2 Å². The molecule has 33 heavy (non-hydrogen) atoms. The monoisotopic (exact) mass is 472 g/mol. The zero-order chi connectivity index (χ0) is 23.5. The van der Waals surface area contributed by atoms with Gasteiger partial charge in [-0.2, -0.15) is 4.72 Å².